The van der Waals surface area contributed by atoms with Crippen LogP contribution in [0.1, 0.15) is 25.1 Å². The van der Waals surface area contributed by atoms with Crippen LogP contribution >= 0.6 is 0 Å². The quantitative estimate of drug-likeness (QED) is 0.737. The number of hydrogen-bond donors (Lipinski definition) is 1. The number of aryl methyl sites for hydroxylation is 1. The molecule has 0 spiro atoms. The van der Waals surface area contributed by atoms with Crippen LogP contribution in [0.15, 0.2) is 33.2 Å². The average molecular weight is 301 g/mol. The van der Waals surface area contributed by atoms with E-state index < -0.39 is 0 Å². The van der Waals surface area contributed by atoms with Gasteiger partial charge in [-0.25, -0.2) is 0 Å². The minimum absolute atomic E-state index is 0.0367. The molecule has 0 atom stereocenters. The third-order valence-electron chi connectivity index (χ3n) is 2.89. The topological polar surface area (TPSA) is 113 Å². The molecule has 114 valence electrons. The summed E-state index contributed by atoms with van der Waals surface area (Å²) in [6.07, 6.45) is 1.77. The molecule has 22 heavy (non-hydrogen) atoms. The number of nitrogens with two attached hydrogens (primary N) is 1. The van der Waals surface area contributed by atoms with Gasteiger partial charge in [0, 0.05) is 12.0 Å². The van der Waals surface area contributed by atoms with E-state index in [0.717, 1.165) is 18.4 Å². The molecule has 0 radical (unpaired) electrons. The Morgan fingerprint density at radius 3 is 2.68 bits per heavy atom. The lowest BCUT2D eigenvalue weighted by Crippen LogP contribution is -1.96. The van der Waals surface area contributed by atoms with Gasteiger partial charge in [-0.1, -0.05) is 17.2 Å². The highest BCUT2D eigenvalue weighted by Crippen LogP contribution is 2.22. The standard InChI is InChI=1S/C14H15N5O3/c1-2-3-11-16-12(22-19-11)8-20-10-6-4-9(5-7-10)13-17-18-14(15)21-13/h4-7H,2-3,8H2,1H3,(H2,15,18). The second-order valence-corrected chi connectivity index (χ2v) is 4.61. The number of aromatic nitrogens is 4. The highest BCUT2D eigenvalue weighted by molar-refractivity contribution is 5.54. The van der Waals surface area contributed by atoms with E-state index in [4.69, 9.17) is 19.4 Å². The summed E-state index contributed by atoms with van der Waals surface area (Å²) in [5.41, 5.74) is 6.16. The van der Waals surface area contributed by atoms with Gasteiger partial charge in [0.25, 0.3) is 5.89 Å². The number of hydrogen-bond acceptors (Lipinski definition) is 8. The van der Waals surface area contributed by atoms with E-state index in [-0.39, 0.29) is 12.6 Å². The third kappa shape index (κ3) is 3.22. The van der Waals surface area contributed by atoms with Gasteiger partial charge in [-0.3, -0.25) is 0 Å². The lowest BCUT2D eigenvalue weighted by atomic mass is 10.2. The predicted molar refractivity (Wildman–Crippen MR) is 76.8 cm³/mol. The van der Waals surface area contributed by atoms with Gasteiger partial charge in [-0.15, -0.1) is 5.10 Å². The van der Waals surface area contributed by atoms with Crippen LogP contribution in [0, 0.1) is 0 Å². The Morgan fingerprint density at radius 1 is 1.18 bits per heavy atom. The molecule has 0 saturated carbocycles. The first-order chi connectivity index (χ1) is 10.7. The van der Waals surface area contributed by atoms with E-state index in [0.29, 0.717) is 23.4 Å². The Morgan fingerprint density at radius 2 is 2.00 bits per heavy atom. The molecule has 1 aromatic carbocycles. The minimum atomic E-state index is 0.0367. The first kappa shape index (κ1) is 14.1. The van der Waals surface area contributed by atoms with Gasteiger partial charge in [0.05, 0.1) is 0 Å². The summed E-state index contributed by atoms with van der Waals surface area (Å²) in [7, 11) is 0. The van der Waals surface area contributed by atoms with Gasteiger partial charge < -0.3 is 19.4 Å². The van der Waals surface area contributed by atoms with Crippen molar-refractivity contribution in [3.8, 4) is 17.2 Å². The van der Waals surface area contributed by atoms with Crippen molar-refractivity contribution in [1.29, 1.82) is 0 Å². The van der Waals surface area contributed by atoms with Crippen LogP contribution in [0.5, 0.6) is 5.75 Å². The zero-order valence-electron chi connectivity index (χ0n) is 12.0. The van der Waals surface area contributed by atoms with E-state index >= 15 is 0 Å². The predicted octanol–water partition coefficient (Wildman–Crippen LogP) is 2.23. The Bertz CT molecular complexity index is 735. The fourth-order valence-corrected chi connectivity index (χ4v) is 1.86. The van der Waals surface area contributed by atoms with Crippen LogP contribution in [0.4, 0.5) is 6.01 Å². The molecule has 8 heteroatoms. The van der Waals surface area contributed by atoms with Gasteiger partial charge >= 0.3 is 6.01 Å². The van der Waals surface area contributed by atoms with Crippen molar-refractivity contribution in [3.63, 3.8) is 0 Å². The summed E-state index contributed by atoms with van der Waals surface area (Å²) in [5, 5.41) is 11.3. The third-order valence-corrected chi connectivity index (χ3v) is 2.89. The van der Waals surface area contributed by atoms with E-state index in [2.05, 4.69) is 27.3 Å². The van der Waals surface area contributed by atoms with E-state index in [1.54, 1.807) is 24.3 Å². The summed E-state index contributed by atoms with van der Waals surface area (Å²) in [6.45, 7) is 2.29. The summed E-state index contributed by atoms with van der Waals surface area (Å²) in [6, 6.07) is 7.23. The highest BCUT2D eigenvalue weighted by Gasteiger charge is 2.08. The molecule has 2 N–H and O–H groups in total. The monoisotopic (exact) mass is 301 g/mol. The van der Waals surface area contributed by atoms with Crippen LogP contribution in [0.2, 0.25) is 0 Å². The molecule has 0 unspecified atom stereocenters. The average Bonchev–Trinajstić information content (AvgIpc) is 3.15. The van der Waals surface area contributed by atoms with E-state index in [9.17, 15) is 0 Å². The van der Waals surface area contributed by atoms with Crippen molar-refractivity contribution in [2.24, 2.45) is 0 Å². The molecule has 0 aliphatic rings. The number of anilines is 1. The fraction of sp³-hybridized carbons (Fsp3) is 0.286. The lowest BCUT2D eigenvalue weighted by molar-refractivity contribution is 0.242. The van der Waals surface area contributed by atoms with Gasteiger partial charge in [-0.05, 0) is 30.7 Å². The van der Waals surface area contributed by atoms with E-state index in [1.807, 2.05) is 0 Å². The number of ether oxygens (including phenoxy) is 1. The Kier molecular flexibility index (Phi) is 3.99. The maximum absolute atomic E-state index is 5.59. The Hall–Kier alpha value is -2.90. The van der Waals surface area contributed by atoms with Crippen molar-refractivity contribution in [3.05, 3.63) is 36.0 Å². The van der Waals surface area contributed by atoms with Crippen LogP contribution in [-0.4, -0.2) is 20.3 Å². The number of nitrogens with zero attached hydrogens (tertiary/aromatic N) is 4. The van der Waals surface area contributed by atoms with Crippen molar-refractivity contribution in [2.75, 3.05) is 5.73 Å². The molecule has 2 aromatic heterocycles. The fourth-order valence-electron chi connectivity index (χ4n) is 1.86. The molecule has 2 heterocycles. The molecule has 0 aliphatic heterocycles. The molecular formula is C14H15N5O3. The zero-order chi connectivity index (χ0) is 15.4. The van der Waals surface area contributed by atoms with E-state index in [1.165, 1.54) is 0 Å². The molecular weight excluding hydrogens is 286 g/mol. The van der Waals surface area contributed by atoms with Crippen molar-refractivity contribution < 1.29 is 13.7 Å². The highest BCUT2D eigenvalue weighted by atomic mass is 16.5. The zero-order valence-corrected chi connectivity index (χ0v) is 12.0. The van der Waals surface area contributed by atoms with Gasteiger partial charge in [0.2, 0.25) is 5.89 Å². The second kappa shape index (κ2) is 6.25. The van der Waals surface area contributed by atoms with Crippen molar-refractivity contribution in [2.45, 2.75) is 26.4 Å². The number of rotatable bonds is 6. The molecule has 0 aliphatic carbocycles. The molecule has 8 nitrogen and oxygen atoms in total. The summed E-state index contributed by atoms with van der Waals surface area (Å²) >= 11 is 0. The van der Waals surface area contributed by atoms with Gasteiger partial charge in [0.15, 0.2) is 12.4 Å². The molecule has 3 aromatic rings. The maximum Gasteiger partial charge on any atom is 0.313 e. The first-order valence-electron chi connectivity index (χ1n) is 6.88. The maximum atomic E-state index is 5.59. The van der Waals surface area contributed by atoms with Crippen LogP contribution < -0.4 is 10.5 Å². The van der Waals surface area contributed by atoms with Gasteiger partial charge in [0.1, 0.15) is 5.75 Å². The Balaban J connectivity index is 1.61. The molecule has 3 rings (SSSR count). The molecule has 0 bridgehead atoms. The van der Waals surface area contributed by atoms with Crippen LogP contribution in [0.3, 0.4) is 0 Å². The van der Waals surface area contributed by atoms with Crippen molar-refractivity contribution in [1.82, 2.24) is 20.3 Å². The number of benzene rings is 1. The first-order valence-corrected chi connectivity index (χ1v) is 6.88. The van der Waals surface area contributed by atoms with Crippen LogP contribution in [-0.2, 0) is 13.0 Å². The van der Waals surface area contributed by atoms with Gasteiger partial charge in [-0.2, -0.15) is 4.98 Å². The molecule has 0 fully saturated rings. The lowest BCUT2D eigenvalue weighted by Gasteiger charge is -2.03. The largest absolute Gasteiger partial charge is 0.484 e. The normalized spacial score (nSPS) is 10.8. The smallest absolute Gasteiger partial charge is 0.313 e. The van der Waals surface area contributed by atoms with Crippen LogP contribution in [0.25, 0.3) is 11.5 Å². The summed E-state index contributed by atoms with van der Waals surface area (Å²) in [5.74, 6) is 2.19. The second-order valence-electron chi connectivity index (χ2n) is 4.61. The Labute approximate surface area is 126 Å². The number of nitrogen functional groups attached to an aromatic ring is 1. The SMILES string of the molecule is CCCc1noc(COc2ccc(-c3nnc(N)o3)cc2)n1. The molecule has 0 saturated heterocycles. The summed E-state index contributed by atoms with van der Waals surface area (Å²) < 4.78 is 15.8. The van der Waals surface area contributed by atoms with Crippen molar-refractivity contribution >= 4 is 6.01 Å². The summed E-state index contributed by atoms with van der Waals surface area (Å²) in [4.78, 5) is 4.23. The minimum Gasteiger partial charge on any atom is -0.484 e. The molecule has 0 amide bonds.